The molecule has 1 heterocycles. The molecule has 0 bridgehead atoms. The topological polar surface area (TPSA) is 27.0 Å². The lowest BCUT2D eigenvalue weighted by atomic mass is 10.1. The number of anilines is 1. The summed E-state index contributed by atoms with van der Waals surface area (Å²) in [4.78, 5) is 2.05. The molecule has 1 aromatic carbocycles. The second-order valence-corrected chi connectivity index (χ2v) is 6.28. The van der Waals surface area contributed by atoms with Gasteiger partial charge in [-0.05, 0) is 37.3 Å². The van der Waals surface area contributed by atoms with Crippen LogP contribution in [0.25, 0.3) is 0 Å². The summed E-state index contributed by atoms with van der Waals surface area (Å²) >= 11 is 1.77. The van der Waals surface area contributed by atoms with Crippen LogP contribution >= 0.6 is 11.8 Å². The quantitative estimate of drug-likeness (QED) is 0.814. The maximum atomic E-state index is 12.7. The number of hydrogen-bond donors (Lipinski definition) is 0. The van der Waals surface area contributed by atoms with Crippen LogP contribution in [0.2, 0.25) is 0 Å². The summed E-state index contributed by atoms with van der Waals surface area (Å²) in [6.07, 6.45) is 0.866. The molecule has 0 aromatic heterocycles. The summed E-state index contributed by atoms with van der Waals surface area (Å²) in [6.45, 7) is 1.57. The van der Waals surface area contributed by atoms with E-state index in [1.165, 1.54) is 6.07 Å². The molecule has 1 fully saturated rings. The van der Waals surface area contributed by atoms with Crippen molar-refractivity contribution in [2.24, 2.45) is 0 Å². The highest BCUT2D eigenvalue weighted by atomic mass is 32.2. The van der Waals surface area contributed by atoms with E-state index in [0.717, 1.165) is 44.5 Å². The molecule has 1 atom stereocenters. The Hall–Kier alpha value is -1.35. The van der Waals surface area contributed by atoms with Crippen molar-refractivity contribution in [3.63, 3.8) is 0 Å². The number of nitriles is 1. The van der Waals surface area contributed by atoms with E-state index in [-0.39, 0.29) is 5.56 Å². The molecule has 21 heavy (non-hydrogen) atoms. The van der Waals surface area contributed by atoms with Crippen LogP contribution < -0.4 is 4.90 Å². The molecular formula is C15H17F3N2S. The van der Waals surface area contributed by atoms with Crippen LogP contribution in [0.4, 0.5) is 18.9 Å². The van der Waals surface area contributed by atoms with Gasteiger partial charge >= 0.3 is 6.18 Å². The smallest absolute Gasteiger partial charge is 0.369 e. The number of benzene rings is 1. The summed E-state index contributed by atoms with van der Waals surface area (Å²) in [5.74, 6) is 0. The summed E-state index contributed by atoms with van der Waals surface area (Å²) in [5.41, 5.74) is -0.0444. The SMILES string of the molecule is CSC1CCCCN(c2ccc(C(F)(F)F)cc2C#N)C1. The van der Waals surface area contributed by atoms with Gasteiger partial charge in [-0.15, -0.1) is 0 Å². The van der Waals surface area contributed by atoms with Crippen molar-refractivity contribution in [2.45, 2.75) is 30.7 Å². The fraction of sp³-hybridized carbons (Fsp3) is 0.533. The monoisotopic (exact) mass is 314 g/mol. The summed E-state index contributed by atoms with van der Waals surface area (Å²) in [5, 5.41) is 9.64. The third kappa shape index (κ3) is 3.85. The first-order valence-electron chi connectivity index (χ1n) is 6.85. The molecule has 0 N–H and O–H groups in total. The van der Waals surface area contributed by atoms with Gasteiger partial charge in [-0.2, -0.15) is 30.2 Å². The Bertz CT molecular complexity index is 537. The Labute approximate surface area is 126 Å². The largest absolute Gasteiger partial charge is 0.416 e. The Balaban J connectivity index is 2.32. The van der Waals surface area contributed by atoms with Crippen molar-refractivity contribution in [1.82, 2.24) is 0 Å². The van der Waals surface area contributed by atoms with Gasteiger partial charge in [0.05, 0.1) is 16.8 Å². The molecule has 1 aliphatic heterocycles. The minimum absolute atomic E-state index is 0.103. The molecule has 2 rings (SSSR count). The predicted octanol–water partition coefficient (Wildman–Crippen LogP) is 4.30. The summed E-state index contributed by atoms with van der Waals surface area (Å²) < 4.78 is 38.2. The minimum Gasteiger partial charge on any atom is -0.369 e. The van der Waals surface area contributed by atoms with Crippen LogP contribution in [0, 0.1) is 11.3 Å². The molecule has 0 aliphatic carbocycles. The van der Waals surface area contributed by atoms with Crippen LogP contribution in [-0.2, 0) is 6.18 Å². The zero-order valence-corrected chi connectivity index (χ0v) is 12.6. The predicted molar refractivity (Wildman–Crippen MR) is 79.5 cm³/mol. The van der Waals surface area contributed by atoms with E-state index in [4.69, 9.17) is 0 Å². The zero-order valence-electron chi connectivity index (χ0n) is 11.8. The van der Waals surface area contributed by atoms with Crippen molar-refractivity contribution in [3.05, 3.63) is 29.3 Å². The van der Waals surface area contributed by atoms with Crippen LogP contribution in [-0.4, -0.2) is 24.6 Å². The maximum Gasteiger partial charge on any atom is 0.416 e. The standard InChI is InChI=1S/C15H17F3N2S/c1-21-13-4-2-3-7-20(10-13)14-6-5-12(15(16,17)18)8-11(14)9-19/h5-6,8,13H,2-4,7,10H2,1H3. The van der Waals surface area contributed by atoms with Crippen molar-refractivity contribution in [3.8, 4) is 6.07 Å². The van der Waals surface area contributed by atoms with E-state index in [0.29, 0.717) is 10.9 Å². The van der Waals surface area contributed by atoms with Gasteiger partial charge in [-0.25, -0.2) is 0 Å². The molecule has 1 saturated heterocycles. The third-order valence-corrected chi connectivity index (χ3v) is 4.80. The highest BCUT2D eigenvalue weighted by molar-refractivity contribution is 7.99. The molecule has 1 aliphatic rings. The molecule has 0 saturated carbocycles. The fourth-order valence-electron chi connectivity index (χ4n) is 2.59. The number of alkyl halides is 3. The number of thioether (sulfide) groups is 1. The van der Waals surface area contributed by atoms with Crippen LogP contribution in [0.5, 0.6) is 0 Å². The lowest BCUT2D eigenvalue weighted by Gasteiger charge is -2.27. The molecule has 114 valence electrons. The first-order chi connectivity index (χ1) is 9.95. The van der Waals surface area contributed by atoms with Gasteiger partial charge < -0.3 is 4.90 Å². The Kier molecular flexibility index (Phi) is 5.04. The molecular weight excluding hydrogens is 297 g/mol. The average molecular weight is 314 g/mol. The van der Waals surface area contributed by atoms with Gasteiger partial charge in [0.1, 0.15) is 6.07 Å². The first-order valence-corrected chi connectivity index (χ1v) is 8.13. The maximum absolute atomic E-state index is 12.7. The first kappa shape index (κ1) is 16.0. The molecule has 0 spiro atoms. The van der Waals surface area contributed by atoms with Gasteiger partial charge in [0.2, 0.25) is 0 Å². The van der Waals surface area contributed by atoms with Crippen LogP contribution in [0.15, 0.2) is 18.2 Å². The normalized spacial score (nSPS) is 20.0. The van der Waals surface area contributed by atoms with Gasteiger partial charge in [0.25, 0.3) is 0 Å². The Morgan fingerprint density at radius 2 is 2.10 bits per heavy atom. The van der Waals surface area contributed by atoms with E-state index in [1.807, 2.05) is 17.2 Å². The van der Waals surface area contributed by atoms with Crippen molar-refractivity contribution >= 4 is 17.4 Å². The fourth-order valence-corrected chi connectivity index (χ4v) is 3.32. The van der Waals surface area contributed by atoms with Gasteiger partial charge in [0, 0.05) is 18.3 Å². The molecule has 6 heteroatoms. The lowest BCUT2D eigenvalue weighted by molar-refractivity contribution is -0.137. The van der Waals surface area contributed by atoms with E-state index in [2.05, 4.69) is 0 Å². The zero-order chi connectivity index (χ0) is 15.5. The van der Waals surface area contributed by atoms with Gasteiger partial charge in [0.15, 0.2) is 0 Å². The Morgan fingerprint density at radius 3 is 2.71 bits per heavy atom. The number of rotatable bonds is 2. The van der Waals surface area contributed by atoms with Crippen molar-refractivity contribution < 1.29 is 13.2 Å². The molecule has 1 unspecified atom stereocenters. The lowest BCUT2D eigenvalue weighted by Crippen LogP contribution is -2.30. The highest BCUT2D eigenvalue weighted by Crippen LogP contribution is 2.34. The Morgan fingerprint density at radius 1 is 1.33 bits per heavy atom. The van der Waals surface area contributed by atoms with Gasteiger partial charge in [-0.1, -0.05) is 6.42 Å². The summed E-state index contributed by atoms with van der Waals surface area (Å²) in [6, 6.07) is 5.36. The number of nitrogens with zero attached hydrogens (tertiary/aromatic N) is 2. The van der Waals surface area contributed by atoms with Crippen molar-refractivity contribution in [2.75, 3.05) is 24.2 Å². The van der Waals surface area contributed by atoms with Crippen LogP contribution in [0.3, 0.4) is 0 Å². The summed E-state index contributed by atoms with van der Waals surface area (Å²) in [7, 11) is 0. The van der Waals surface area contributed by atoms with Crippen LogP contribution in [0.1, 0.15) is 30.4 Å². The third-order valence-electron chi connectivity index (χ3n) is 3.75. The minimum atomic E-state index is -4.41. The molecule has 2 nitrogen and oxygen atoms in total. The molecule has 0 amide bonds. The average Bonchev–Trinajstić information content (AvgIpc) is 2.71. The van der Waals surface area contributed by atoms with E-state index < -0.39 is 11.7 Å². The molecule has 1 aromatic rings. The van der Waals surface area contributed by atoms with E-state index in [9.17, 15) is 18.4 Å². The second kappa shape index (κ2) is 6.61. The second-order valence-electron chi connectivity index (χ2n) is 5.14. The van der Waals surface area contributed by atoms with Crippen molar-refractivity contribution in [1.29, 1.82) is 5.26 Å². The van der Waals surface area contributed by atoms with E-state index >= 15 is 0 Å². The highest BCUT2D eigenvalue weighted by Gasteiger charge is 2.31. The van der Waals surface area contributed by atoms with E-state index in [1.54, 1.807) is 11.8 Å². The number of hydrogen-bond acceptors (Lipinski definition) is 3. The molecule has 0 radical (unpaired) electrons. The number of halogens is 3. The van der Waals surface area contributed by atoms with Gasteiger partial charge in [-0.3, -0.25) is 0 Å².